The molecule has 9 nitrogen and oxygen atoms in total. The van der Waals surface area contributed by atoms with E-state index in [1.165, 1.54) is 17.1 Å². The average Bonchev–Trinajstić information content (AvgIpc) is 3.45. The number of carbonyl (C=O) groups is 3. The summed E-state index contributed by atoms with van der Waals surface area (Å²) < 4.78 is 21.6. The molecular weight excluding hydrogens is 490 g/mol. The van der Waals surface area contributed by atoms with E-state index in [2.05, 4.69) is 13.2 Å². The fraction of sp³-hybridized carbons (Fsp3) is 0.276. The number of hydrogen-bond acceptors (Lipinski definition) is 8. The van der Waals surface area contributed by atoms with Crippen molar-refractivity contribution in [1.82, 2.24) is 4.90 Å². The Kier molecular flexibility index (Phi) is 6.77. The van der Waals surface area contributed by atoms with Gasteiger partial charge in [0, 0.05) is 10.8 Å². The predicted molar refractivity (Wildman–Crippen MR) is 139 cm³/mol. The predicted octanol–water partition coefficient (Wildman–Crippen LogP) is 4.48. The maximum absolute atomic E-state index is 13.2. The Hall–Kier alpha value is -4.37. The fourth-order valence-electron chi connectivity index (χ4n) is 5.20. The molecular formula is C29H27NO8. The maximum atomic E-state index is 13.2. The van der Waals surface area contributed by atoms with Crippen molar-refractivity contribution in [2.45, 2.75) is 32.1 Å². The lowest BCUT2D eigenvalue weighted by atomic mass is 9.82. The zero-order valence-electron chi connectivity index (χ0n) is 20.8. The Balaban J connectivity index is 1.49. The summed E-state index contributed by atoms with van der Waals surface area (Å²) in [5.74, 6) is -1.61. The molecule has 3 heterocycles. The Bertz CT molecular complexity index is 1500. The van der Waals surface area contributed by atoms with E-state index >= 15 is 0 Å². The number of ether oxygens (including phenoxy) is 3. The topological polar surface area (TPSA) is 116 Å². The van der Waals surface area contributed by atoms with Crippen molar-refractivity contribution >= 4 is 45.5 Å². The van der Waals surface area contributed by atoms with Gasteiger partial charge in [0.15, 0.2) is 0 Å². The summed E-state index contributed by atoms with van der Waals surface area (Å²) in [6.07, 6.45) is 1.59. The summed E-state index contributed by atoms with van der Waals surface area (Å²) in [6.45, 7) is 8.59. The number of β-lactam (4-membered cyclic amide) rings is 1. The summed E-state index contributed by atoms with van der Waals surface area (Å²) >= 11 is 0. The number of esters is 1. The molecule has 2 aliphatic heterocycles. The molecule has 1 saturated heterocycles. The molecule has 0 radical (unpaired) electrons. The molecule has 3 aromatic rings. The minimum atomic E-state index is -0.889. The Morgan fingerprint density at radius 2 is 1.79 bits per heavy atom. The third-order valence-corrected chi connectivity index (χ3v) is 6.91. The number of carbonyl (C=O) groups excluding carboxylic acids is 3. The Morgan fingerprint density at radius 1 is 1.11 bits per heavy atom. The van der Waals surface area contributed by atoms with E-state index in [0.717, 1.165) is 16.3 Å². The molecule has 0 saturated carbocycles. The van der Waals surface area contributed by atoms with Crippen molar-refractivity contribution in [1.29, 1.82) is 0 Å². The molecule has 1 aromatic heterocycles. The van der Waals surface area contributed by atoms with Crippen molar-refractivity contribution in [3.05, 3.63) is 78.5 Å². The van der Waals surface area contributed by atoms with Gasteiger partial charge in [-0.2, -0.15) is 0 Å². The number of aliphatic hydroxyl groups excluding tert-OH is 1. The molecule has 9 heteroatoms. The van der Waals surface area contributed by atoms with Gasteiger partial charge < -0.3 is 28.6 Å². The zero-order chi connectivity index (χ0) is 27.0. The second kappa shape index (κ2) is 10.2. The third kappa shape index (κ3) is 4.24. The van der Waals surface area contributed by atoms with Crippen LogP contribution < -0.4 is 0 Å². The molecule has 0 unspecified atom stereocenters. The number of furan rings is 1. The molecule has 3 atom stereocenters. The van der Waals surface area contributed by atoms with Gasteiger partial charge in [0.2, 0.25) is 5.91 Å². The van der Waals surface area contributed by atoms with Crippen LogP contribution in [-0.4, -0.2) is 53.4 Å². The summed E-state index contributed by atoms with van der Waals surface area (Å²) in [6, 6.07) is 10.8. The van der Waals surface area contributed by atoms with Crippen LogP contribution in [0.1, 0.15) is 24.5 Å². The fourth-order valence-corrected chi connectivity index (χ4v) is 5.20. The van der Waals surface area contributed by atoms with E-state index in [1.54, 1.807) is 13.0 Å². The standard InChI is InChI=1S/C29H27NO8/c1-4-10-35-28(33)26-21(14-22-25(27(32)30(22)26)16(3)37-29(34)36-11-5-2)18-7-9-20-19-8-6-17(15-31)12-23(19)38-24(20)13-18/h4-9,12-13,16,22,25,31H,1-2,10-11,14-15H2,3H3/t16-,22-,25-/m1/s1. The minimum absolute atomic E-state index is 0.00367. The molecule has 2 aliphatic rings. The molecule has 0 spiro atoms. The van der Waals surface area contributed by atoms with Crippen molar-refractivity contribution < 1.29 is 38.1 Å². The molecule has 0 bridgehead atoms. The van der Waals surface area contributed by atoms with E-state index in [4.69, 9.17) is 18.6 Å². The van der Waals surface area contributed by atoms with Gasteiger partial charge in [0.05, 0.1) is 18.6 Å². The van der Waals surface area contributed by atoms with E-state index in [0.29, 0.717) is 28.7 Å². The molecule has 1 amide bonds. The van der Waals surface area contributed by atoms with E-state index in [-0.39, 0.29) is 37.5 Å². The number of amides is 1. The van der Waals surface area contributed by atoms with Crippen molar-refractivity contribution in [2.24, 2.45) is 5.92 Å². The first-order valence-corrected chi connectivity index (χ1v) is 12.2. The van der Waals surface area contributed by atoms with Crippen molar-refractivity contribution in [2.75, 3.05) is 13.2 Å². The van der Waals surface area contributed by atoms with Gasteiger partial charge in [-0.1, -0.05) is 43.5 Å². The highest BCUT2D eigenvalue weighted by Gasteiger charge is 2.58. The first-order chi connectivity index (χ1) is 18.4. The van der Waals surface area contributed by atoms with Gasteiger partial charge in [-0.05, 0) is 48.2 Å². The van der Waals surface area contributed by atoms with Gasteiger partial charge >= 0.3 is 12.1 Å². The third-order valence-electron chi connectivity index (χ3n) is 6.91. The number of benzene rings is 2. The molecule has 1 N–H and O–H groups in total. The van der Waals surface area contributed by atoms with Crippen molar-refractivity contribution in [3.63, 3.8) is 0 Å². The van der Waals surface area contributed by atoms with Crippen LogP contribution in [0.4, 0.5) is 4.79 Å². The zero-order valence-corrected chi connectivity index (χ0v) is 20.8. The second-order valence-corrected chi connectivity index (χ2v) is 9.19. The van der Waals surface area contributed by atoms with Crippen LogP contribution in [0.25, 0.3) is 27.5 Å². The molecule has 38 heavy (non-hydrogen) atoms. The van der Waals surface area contributed by atoms with Crippen LogP contribution in [0.15, 0.2) is 71.8 Å². The minimum Gasteiger partial charge on any atom is -0.457 e. The van der Waals surface area contributed by atoms with Crippen LogP contribution in [-0.2, 0) is 30.4 Å². The van der Waals surface area contributed by atoms with Crippen LogP contribution in [0.2, 0.25) is 0 Å². The molecule has 2 aromatic carbocycles. The monoisotopic (exact) mass is 517 g/mol. The number of rotatable bonds is 9. The number of nitrogens with zero attached hydrogens (tertiary/aromatic N) is 1. The molecule has 196 valence electrons. The molecule has 5 rings (SSSR count). The molecule has 1 fully saturated rings. The van der Waals surface area contributed by atoms with Crippen LogP contribution in [0, 0.1) is 5.92 Å². The van der Waals surface area contributed by atoms with Gasteiger partial charge in [-0.25, -0.2) is 9.59 Å². The number of hydrogen-bond donors (Lipinski definition) is 1. The van der Waals surface area contributed by atoms with Crippen LogP contribution in [0.5, 0.6) is 0 Å². The lowest BCUT2D eigenvalue weighted by Crippen LogP contribution is -2.62. The lowest BCUT2D eigenvalue weighted by molar-refractivity contribution is -0.162. The lowest BCUT2D eigenvalue weighted by Gasteiger charge is -2.45. The van der Waals surface area contributed by atoms with Crippen LogP contribution >= 0.6 is 0 Å². The highest BCUT2D eigenvalue weighted by atomic mass is 16.7. The first kappa shape index (κ1) is 25.3. The Labute approximate surface area is 218 Å². The van der Waals surface area contributed by atoms with E-state index < -0.39 is 24.1 Å². The number of fused-ring (bicyclic) bond motifs is 4. The first-order valence-electron chi connectivity index (χ1n) is 12.2. The Morgan fingerprint density at radius 3 is 2.50 bits per heavy atom. The summed E-state index contributed by atoms with van der Waals surface area (Å²) in [5, 5.41) is 11.3. The van der Waals surface area contributed by atoms with Gasteiger partial charge in [-0.15, -0.1) is 0 Å². The summed E-state index contributed by atoms with van der Waals surface area (Å²) in [7, 11) is 0. The summed E-state index contributed by atoms with van der Waals surface area (Å²) in [4.78, 5) is 39.7. The van der Waals surface area contributed by atoms with Gasteiger partial charge in [0.25, 0.3) is 0 Å². The van der Waals surface area contributed by atoms with Gasteiger partial charge in [0.1, 0.15) is 36.2 Å². The quantitative estimate of drug-likeness (QED) is 0.251. The second-order valence-electron chi connectivity index (χ2n) is 9.19. The molecule has 0 aliphatic carbocycles. The van der Waals surface area contributed by atoms with Crippen LogP contribution in [0.3, 0.4) is 0 Å². The highest BCUT2D eigenvalue weighted by molar-refractivity contribution is 6.09. The van der Waals surface area contributed by atoms with Gasteiger partial charge in [-0.3, -0.25) is 4.79 Å². The summed E-state index contributed by atoms with van der Waals surface area (Å²) in [5.41, 5.74) is 3.50. The number of aliphatic hydroxyl groups is 1. The average molecular weight is 518 g/mol. The smallest absolute Gasteiger partial charge is 0.457 e. The van der Waals surface area contributed by atoms with Crippen molar-refractivity contribution in [3.8, 4) is 0 Å². The maximum Gasteiger partial charge on any atom is 0.508 e. The van der Waals surface area contributed by atoms with E-state index in [1.807, 2.05) is 30.3 Å². The SMILES string of the molecule is C=CCOC(=O)O[C@H](C)[C@H]1C(=O)N2C(C(=O)OCC=C)=C(c3ccc4c(c3)oc3cc(CO)ccc34)C[C@H]12. The van der Waals surface area contributed by atoms with E-state index in [9.17, 15) is 19.5 Å². The largest absolute Gasteiger partial charge is 0.508 e. The normalized spacial score (nSPS) is 19.2. The highest BCUT2D eigenvalue weighted by Crippen LogP contribution is 2.48.